The molecule has 2 atom stereocenters. The number of nitrogens with two attached hydrogens (primary N) is 1. The molecule has 0 spiro atoms. The Morgan fingerprint density at radius 2 is 2.15 bits per heavy atom. The molecular formula is C12H14ClFN2O3S. The van der Waals surface area contributed by atoms with Gasteiger partial charge in [0.25, 0.3) is 5.91 Å². The molecule has 0 aliphatic heterocycles. The van der Waals surface area contributed by atoms with Crippen molar-refractivity contribution in [3.63, 3.8) is 0 Å². The Kier molecular flexibility index (Phi) is 4.04. The van der Waals surface area contributed by atoms with E-state index in [-0.39, 0.29) is 5.56 Å². The summed E-state index contributed by atoms with van der Waals surface area (Å²) in [7, 11) is -4.10. The minimum absolute atomic E-state index is 0.232. The predicted molar refractivity (Wildman–Crippen MR) is 72.4 cm³/mol. The smallest absolute Gasteiger partial charge is 0.252 e. The second-order valence-corrected chi connectivity index (χ2v) is 6.93. The Hall–Kier alpha value is -1.18. The number of hydrogen-bond acceptors (Lipinski definition) is 3. The summed E-state index contributed by atoms with van der Waals surface area (Å²) in [6.45, 7) is 2.52. The molecule has 0 saturated heterocycles. The lowest BCUT2D eigenvalue weighted by Crippen LogP contribution is -2.27. The molecule has 0 aromatic heterocycles. The number of hydrogen-bond donors (Lipinski definition) is 2. The Morgan fingerprint density at radius 3 is 2.65 bits per heavy atom. The molecule has 1 fully saturated rings. The highest BCUT2D eigenvalue weighted by atomic mass is 35.5. The number of sulfonamides is 1. The van der Waals surface area contributed by atoms with Crippen LogP contribution in [0.15, 0.2) is 17.0 Å². The third kappa shape index (κ3) is 3.28. The van der Waals surface area contributed by atoms with Crippen LogP contribution in [0.3, 0.4) is 0 Å². The number of carbonyl (C=O) groups is 1. The van der Waals surface area contributed by atoms with Gasteiger partial charge in [0.15, 0.2) is 0 Å². The zero-order valence-electron chi connectivity index (χ0n) is 10.7. The van der Waals surface area contributed by atoms with E-state index >= 15 is 0 Å². The zero-order valence-corrected chi connectivity index (χ0v) is 12.3. The fourth-order valence-corrected chi connectivity index (χ4v) is 2.64. The number of amides is 1. The highest BCUT2D eigenvalue weighted by molar-refractivity contribution is 7.89. The van der Waals surface area contributed by atoms with Crippen LogP contribution in [-0.2, 0) is 10.0 Å². The average molecular weight is 321 g/mol. The number of carbonyl (C=O) groups excluding carboxylic acids is 1. The fraction of sp³-hybridized carbons (Fsp3) is 0.417. The Labute approximate surface area is 121 Å². The van der Waals surface area contributed by atoms with Crippen molar-refractivity contribution in [2.75, 3.05) is 6.54 Å². The van der Waals surface area contributed by atoms with Crippen LogP contribution in [0.4, 0.5) is 4.39 Å². The summed E-state index contributed by atoms with van der Waals surface area (Å²) in [4.78, 5) is 11.5. The SMILES string of the molecule is CC1CC1CNC(=O)c1cc(S(N)(=O)=O)cc(F)c1Cl. The van der Waals surface area contributed by atoms with E-state index in [1.807, 2.05) is 0 Å². The van der Waals surface area contributed by atoms with Crippen molar-refractivity contribution >= 4 is 27.5 Å². The van der Waals surface area contributed by atoms with Gasteiger partial charge in [-0.1, -0.05) is 18.5 Å². The highest BCUT2D eigenvalue weighted by Crippen LogP contribution is 2.36. The molecule has 0 radical (unpaired) electrons. The molecule has 0 heterocycles. The lowest BCUT2D eigenvalue weighted by Gasteiger charge is -2.09. The predicted octanol–water partition coefficient (Wildman–Crippen LogP) is 1.51. The van der Waals surface area contributed by atoms with Crippen molar-refractivity contribution < 1.29 is 17.6 Å². The van der Waals surface area contributed by atoms with E-state index in [1.54, 1.807) is 0 Å². The molecule has 8 heteroatoms. The first kappa shape index (κ1) is 15.2. The number of halogens is 2. The molecule has 5 nitrogen and oxygen atoms in total. The minimum Gasteiger partial charge on any atom is -0.352 e. The first-order chi connectivity index (χ1) is 9.20. The molecule has 1 aromatic rings. The number of rotatable bonds is 4. The third-order valence-corrected chi connectivity index (χ3v) is 4.65. The Morgan fingerprint density at radius 1 is 1.55 bits per heavy atom. The van der Waals surface area contributed by atoms with Gasteiger partial charge < -0.3 is 5.32 Å². The molecule has 110 valence electrons. The van der Waals surface area contributed by atoms with Crippen LogP contribution < -0.4 is 10.5 Å². The van der Waals surface area contributed by atoms with Gasteiger partial charge in [-0.05, 0) is 30.4 Å². The van der Waals surface area contributed by atoms with E-state index in [0.717, 1.165) is 12.5 Å². The van der Waals surface area contributed by atoms with E-state index in [9.17, 15) is 17.6 Å². The summed E-state index contributed by atoms with van der Waals surface area (Å²) >= 11 is 5.70. The number of benzene rings is 1. The van der Waals surface area contributed by atoms with Gasteiger partial charge in [-0.2, -0.15) is 0 Å². The molecule has 1 aromatic carbocycles. The molecule has 1 aliphatic rings. The molecule has 2 rings (SSSR count). The monoisotopic (exact) mass is 320 g/mol. The maximum absolute atomic E-state index is 13.6. The van der Waals surface area contributed by atoms with Gasteiger partial charge in [0, 0.05) is 6.54 Å². The topological polar surface area (TPSA) is 89.3 Å². The van der Waals surface area contributed by atoms with Crippen LogP contribution in [0.25, 0.3) is 0 Å². The highest BCUT2D eigenvalue weighted by Gasteiger charge is 2.32. The van der Waals surface area contributed by atoms with Gasteiger partial charge in [0.2, 0.25) is 10.0 Å². The van der Waals surface area contributed by atoms with Gasteiger partial charge in [-0.15, -0.1) is 0 Å². The first-order valence-electron chi connectivity index (χ1n) is 6.00. The normalized spacial score (nSPS) is 21.6. The number of primary sulfonamides is 1. The van der Waals surface area contributed by atoms with Gasteiger partial charge in [0.1, 0.15) is 5.82 Å². The molecule has 20 heavy (non-hydrogen) atoms. The van der Waals surface area contributed by atoms with Gasteiger partial charge in [0.05, 0.1) is 15.5 Å². The van der Waals surface area contributed by atoms with Crippen molar-refractivity contribution in [3.05, 3.63) is 28.5 Å². The van der Waals surface area contributed by atoms with Gasteiger partial charge in [-0.25, -0.2) is 17.9 Å². The number of nitrogens with one attached hydrogen (secondary N) is 1. The van der Waals surface area contributed by atoms with Crippen LogP contribution in [0.1, 0.15) is 23.7 Å². The molecule has 3 N–H and O–H groups in total. The summed E-state index contributed by atoms with van der Waals surface area (Å²) in [5, 5.41) is 7.12. The lowest BCUT2D eigenvalue weighted by molar-refractivity contribution is 0.0951. The van der Waals surface area contributed by atoms with Crippen LogP contribution in [0.5, 0.6) is 0 Å². The maximum Gasteiger partial charge on any atom is 0.252 e. The molecule has 2 unspecified atom stereocenters. The van der Waals surface area contributed by atoms with Crippen molar-refractivity contribution in [1.82, 2.24) is 5.32 Å². The molecule has 1 saturated carbocycles. The molecular weight excluding hydrogens is 307 g/mol. The summed E-state index contributed by atoms with van der Waals surface area (Å²) in [6.07, 6.45) is 1.03. The molecule has 0 bridgehead atoms. The quantitative estimate of drug-likeness (QED) is 0.881. The van der Waals surface area contributed by atoms with Crippen LogP contribution in [-0.4, -0.2) is 20.9 Å². The first-order valence-corrected chi connectivity index (χ1v) is 7.92. The maximum atomic E-state index is 13.6. The second-order valence-electron chi connectivity index (χ2n) is 4.99. The lowest BCUT2D eigenvalue weighted by atomic mass is 10.2. The third-order valence-electron chi connectivity index (χ3n) is 3.38. The largest absolute Gasteiger partial charge is 0.352 e. The standard InChI is InChI=1S/C12H14ClFN2O3S/c1-6-2-7(6)5-16-12(17)9-3-8(20(15,18)19)4-10(14)11(9)13/h3-4,6-7H,2,5H2,1H3,(H,16,17)(H2,15,18,19). The van der Waals surface area contributed by atoms with Crippen LogP contribution in [0, 0.1) is 17.7 Å². The fourth-order valence-electron chi connectivity index (χ4n) is 1.90. The van der Waals surface area contributed by atoms with E-state index in [0.29, 0.717) is 24.4 Å². The van der Waals surface area contributed by atoms with Gasteiger partial charge in [-0.3, -0.25) is 4.79 Å². The molecule has 1 amide bonds. The van der Waals surface area contributed by atoms with E-state index in [1.165, 1.54) is 0 Å². The summed E-state index contributed by atoms with van der Waals surface area (Å²) in [6, 6.07) is 1.67. The van der Waals surface area contributed by atoms with E-state index < -0.39 is 31.7 Å². The second kappa shape index (κ2) is 5.31. The summed E-state index contributed by atoms with van der Waals surface area (Å²) in [5.41, 5.74) is -0.232. The Bertz CT molecular complexity index is 663. The summed E-state index contributed by atoms with van der Waals surface area (Å²) in [5.74, 6) is -0.649. The van der Waals surface area contributed by atoms with E-state index in [4.69, 9.17) is 16.7 Å². The van der Waals surface area contributed by atoms with Gasteiger partial charge >= 0.3 is 0 Å². The van der Waals surface area contributed by atoms with Crippen molar-refractivity contribution in [2.24, 2.45) is 17.0 Å². The summed E-state index contributed by atoms with van der Waals surface area (Å²) < 4.78 is 36.0. The van der Waals surface area contributed by atoms with Crippen LogP contribution >= 0.6 is 11.6 Å². The van der Waals surface area contributed by atoms with Crippen LogP contribution in [0.2, 0.25) is 5.02 Å². The van der Waals surface area contributed by atoms with E-state index in [2.05, 4.69) is 12.2 Å². The minimum atomic E-state index is -4.10. The zero-order chi connectivity index (χ0) is 15.1. The van der Waals surface area contributed by atoms with Crippen molar-refractivity contribution in [3.8, 4) is 0 Å². The Balaban J connectivity index is 2.25. The molecule has 1 aliphatic carbocycles. The average Bonchev–Trinajstić information content (AvgIpc) is 3.04. The van der Waals surface area contributed by atoms with Crippen molar-refractivity contribution in [2.45, 2.75) is 18.2 Å². The van der Waals surface area contributed by atoms with Crippen molar-refractivity contribution in [1.29, 1.82) is 0 Å².